The quantitative estimate of drug-likeness (QED) is 0.829. The highest BCUT2D eigenvalue weighted by Gasteiger charge is 2.34. The number of aromatic amines is 1. The van der Waals surface area contributed by atoms with E-state index in [1.54, 1.807) is 13.2 Å². The summed E-state index contributed by atoms with van der Waals surface area (Å²) in [6, 6.07) is 2.18. The molecule has 26 heavy (non-hydrogen) atoms. The maximum absolute atomic E-state index is 12.5. The van der Waals surface area contributed by atoms with Crippen molar-refractivity contribution in [3.05, 3.63) is 40.1 Å². The Labute approximate surface area is 146 Å². The molecule has 0 spiro atoms. The monoisotopic (exact) mass is 370 g/mol. The summed E-state index contributed by atoms with van der Waals surface area (Å²) < 4.78 is 38.8. The van der Waals surface area contributed by atoms with Crippen LogP contribution >= 0.6 is 0 Å². The lowest BCUT2D eigenvalue weighted by Crippen LogP contribution is -2.31. The lowest BCUT2D eigenvalue weighted by atomic mass is 10.1. The van der Waals surface area contributed by atoms with Crippen molar-refractivity contribution >= 4 is 11.6 Å². The maximum atomic E-state index is 12.5. The fourth-order valence-electron chi connectivity index (χ4n) is 2.78. The van der Waals surface area contributed by atoms with Gasteiger partial charge in [-0.1, -0.05) is 0 Å². The largest absolute Gasteiger partial charge is 0.432 e. The van der Waals surface area contributed by atoms with E-state index in [1.165, 1.54) is 10.7 Å². The SMILES string of the molecule is Cn1ncc(N2CC[C@@H](CNC(=O)c3cc(C(F)(F)F)[nH]n3)C2)cc1=O. The molecule has 0 radical (unpaired) electrons. The topological polar surface area (TPSA) is 95.9 Å². The summed E-state index contributed by atoms with van der Waals surface area (Å²) in [6.45, 7) is 1.63. The molecule has 0 bridgehead atoms. The van der Waals surface area contributed by atoms with Crippen molar-refractivity contribution < 1.29 is 18.0 Å². The Hall–Kier alpha value is -2.85. The summed E-state index contributed by atoms with van der Waals surface area (Å²) in [5.41, 5.74) is -0.863. The van der Waals surface area contributed by atoms with Gasteiger partial charge in [-0.2, -0.15) is 23.4 Å². The van der Waals surface area contributed by atoms with E-state index in [2.05, 4.69) is 15.5 Å². The molecule has 1 fully saturated rings. The smallest absolute Gasteiger partial charge is 0.370 e. The lowest BCUT2D eigenvalue weighted by Gasteiger charge is -2.18. The predicted molar refractivity (Wildman–Crippen MR) is 85.7 cm³/mol. The predicted octanol–water partition coefficient (Wildman–Crippen LogP) is 0.779. The Bertz CT molecular complexity index is 860. The Morgan fingerprint density at radius 2 is 2.19 bits per heavy atom. The van der Waals surface area contributed by atoms with Crippen LogP contribution < -0.4 is 15.8 Å². The third-order valence-electron chi connectivity index (χ3n) is 4.27. The number of alkyl halides is 3. The summed E-state index contributed by atoms with van der Waals surface area (Å²) in [4.78, 5) is 25.6. The Morgan fingerprint density at radius 3 is 2.85 bits per heavy atom. The van der Waals surface area contributed by atoms with Crippen LogP contribution in [0.15, 0.2) is 23.1 Å². The van der Waals surface area contributed by atoms with E-state index in [-0.39, 0.29) is 17.2 Å². The van der Waals surface area contributed by atoms with Gasteiger partial charge in [-0.3, -0.25) is 14.7 Å². The van der Waals surface area contributed by atoms with Gasteiger partial charge in [0.1, 0.15) is 5.69 Å². The van der Waals surface area contributed by atoms with E-state index in [9.17, 15) is 22.8 Å². The van der Waals surface area contributed by atoms with Crippen molar-refractivity contribution in [3.63, 3.8) is 0 Å². The van der Waals surface area contributed by atoms with E-state index in [0.29, 0.717) is 31.4 Å². The minimum atomic E-state index is -4.57. The Balaban J connectivity index is 1.54. The molecule has 0 saturated carbocycles. The molecule has 3 heterocycles. The third kappa shape index (κ3) is 3.86. The average molecular weight is 370 g/mol. The normalized spacial score (nSPS) is 17.5. The summed E-state index contributed by atoms with van der Waals surface area (Å²) in [6.07, 6.45) is -2.19. The van der Waals surface area contributed by atoms with Crippen LogP contribution in [0.2, 0.25) is 0 Å². The molecular weight excluding hydrogens is 353 g/mol. The molecule has 2 N–H and O–H groups in total. The minimum absolute atomic E-state index is 0.115. The van der Waals surface area contributed by atoms with Crippen molar-refractivity contribution in [2.75, 3.05) is 24.5 Å². The number of nitrogens with zero attached hydrogens (tertiary/aromatic N) is 4. The number of hydrogen-bond donors (Lipinski definition) is 2. The first-order valence-corrected chi connectivity index (χ1v) is 7.93. The average Bonchev–Trinajstić information content (AvgIpc) is 3.24. The molecule has 0 aliphatic carbocycles. The van der Waals surface area contributed by atoms with Crippen LogP contribution in [0.1, 0.15) is 22.6 Å². The van der Waals surface area contributed by atoms with Gasteiger partial charge in [-0.25, -0.2) is 4.68 Å². The van der Waals surface area contributed by atoms with Crippen LogP contribution in [0.25, 0.3) is 0 Å². The van der Waals surface area contributed by atoms with Crippen LogP contribution in [-0.4, -0.2) is 45.5 Å². The second kappa shape index (κ2) is 6.81. The number of rotatable bonds is 4. The van der Waals surface area contributed by atoms with Gasteiger partial charge in [0.15, 0.2) is 5.69 Å². The summed E-state index contributed by atoms with van der Waals surface area (Å²) in [5.74, 6) is -0.547. The molecule has 1 atom stereocenters. The molecule has 0 aromatic carbocycles. The zero-order valence-electron chi connectivity index (χ0n) is 13.9. The fourth-order valence-corrected chi connectivity index (χ4v) is 2.78. The van der Waals surface area contributed by atoms with Crippen molar-refractivity contribution in [1.82, 2.24) is 25.3 Å². The highest BCUT2D eigenvalue weighted by molar-refractivity contribution is 5.92. The van der Waals surface area contributed by atoms with Crippen molar-refractivity contribution in [2.45, 2.75) is 12.6 Å². The van der Waals surface area contributed by atoms with Gasteiger partial charge < -0.3 is 10.2 Å². The number of hydrogen-bond acceptors (Lipinski definition) is 5. The van der Waals surface area contributed by atoms with Crippen molar-refractivity contribution in [1.29, 1.82) is 0 Å². The van der Waals surface area contributed by atoms with Crippen molar-refractivity contribution in [2.24, 2.45) is 13.0 Å². The van der Waals surface area contributed by atoms with Gasteiger partial charge in [0, 0.05) is 38.8 Å². The number of aryl methyl sites for hydroxylation is 1. The van der Waals surface area contributed by atoms with E-state index in [4.69, 9.17) is 0 Å². The number of carbonyl (C=O) groups excluding carboxylic acids is 1. The molecule has 2 aromatic heterocycles. The Kier molecular flexibility index (Phi) is 4.70. The third-order valence-corrected chi connectivity index (χ3v) is 4.27. The summed E-state index contributed by atoms with van der Waals surface area (Å²) >= 11 is 0. The number of H-pyrrole nitrogens is 1. The molecule has 1 aliphatic heterocycles. The number of halogens is 3. The standard InChI is InChI=1S/C15H17F3N6O2/c1-23-13(25)4-10(7-20-23)24-3-2-9(8-24)6-19-14(26)11-5-12(22-21-11)15(16,17)18/h4-5,7,9H,2-3,6,8H2,1H3,(H,19,26)(H,21,22)/t9-/m0/s1. The molecule has 3 rings (SSSR count). The number of aromatic nitrogens is 4. The molecule has 140 valence electrons. The van der Waals surface area contributed by atoms with Crippen LogP contribution in [0.3, 0.4) is 0 Å². The molecule has 11 heteroatoms. The van der Waals surface area contributed by atoms with Gasteiger partial charge >= 0.3 is 6.18 Å². The number of anilines is 1. The first kappa shape index (κ1) is 18.0. The van der Waals surface area contributed by atoms with Crippen LogP contribution in [0, 0.1) is 5.92 Å². The van der Waals surface area contributed by atoms with Crippen molar-refractivity contribution in [3.8, 4) is 0 Å². The van der Waals surface area contributed by atoms with Gasteiger partial charge in [-0.05, 0) is 12.3 Å². The summed E-state index contributed by atoms with van der Waals surface area (Å²) in [7, 11) is 1.56. The first-order valence-electron chi connectivity index (χ1n) is 7.93. The molecule has 8 nitrogen and oxygen atoms in total. The second-order valence-electron chi connectivity index (χ2n) is 6.15. The van der Waals surface area contributed by atoms with E-state index in [1.807, 2.05) is 10.00 Å². The lowest BCUT2D eigenvalue weighted by molar-refractivity contribution is -0.141. The van der Waals surface area contributed by atoms with E-state index in [0.717, 1.165) is 6.42 Å². The first-order chi connectivity index (χ1) is 12.2. The second-order valence-corrected chi connectivity index (χ2v) is 6.15. The molecule has 1 aliphatic rings. The minimum Gasteiger partial charge on any atom is -0.370 e. The number of nitrogens with one attached hydrogen (secondary N) is 2. The van der Waals surface area contributed by atoms with Crippen LogP contribution in [0.4, 0.5) is 18.9 Å². The van der Waals surface area contributed by atoms with Gasteiger partial charge in [-0.15, -0.1) is 0 Å². The molecule has 0 unspecified atom stereocenters. The zero-order chi connectivity index (χ0) is 18.9. The van der Waals surface area contributed by atoms with E-state index >= 15 is 0 Å². The number of amides is 1. The van der Waals surface area contributed by atoms with Crippen LogP contribution in [0.5, 0.6) is 0 Å². The molecule has 2 aromatic rings. The zero-order valence-corrected chi connectivity index (χ0v) is 13.9. The molecule has 1 saturated heterocycles. The highest BCUT2D eigenvalue weighted by atomic mass is 19.4. The molecule has 1 amide bonds. The van der Waals surface area contributed by atoms with Gasteiger partial charge in [0.05, 0.1) is 11.9 Å². The van der Waals surface area contributed by atoms with Gasteiger partial charge in [0.25, 0.3) is 11.5 Å². The van der Waals surface area contributed by atoms with Crippen LogP contribution in [-0.2, 0) is 13.2 Å². The fraction of sp³-hybridized carbons (Fsp3) is 0.467. The molecular formula is C15H17F3N6O2. The Morgan fingerprint density at radius 1 is 1.42 bits per heavy atom. The summed E-state index contributed by atoms with van der Waals surface area (Å²) in [5, 5.41) is 11.8. The maximum Gasteiger partial charge on any atom is 0.432 e. The number of carbonyl (C=O) groups is 1. The van der Waals surface area contributed by atoms with Gasteiger partial charge in [0.2, 0.25) is 0 Å². The highest BCUT2D eigenvalue weighted by Crippen LogP contribution is 2.27. The van der Waals surface area contributed by atoms with E-state index < -0.39 is 17.8 Å².